The monoisotopic (exact) mass is 233 g/mol. The molecule has 0 bridgehead atoms. The van der Waals surface area contributed by atoms with Crippen molar-refractivity contribution in [2.24, 2.45) is 0 Å². The molecular weight excluding hydrogens is 222 g/mol. The van der Waals surface area contributed by atoms with E-state index in [1.54, 1.807) is 0 Å². The molecule has 0 atom stereocenters. The van der Waals surface area contributed by atoms with Gasteiger partial charge in [0.1, 0.15) is 12.4 Å². The molecule has 2 nitrogen and oxygen atoms in total. The van der Waals surface area contributed by atoms with Crippen LogP contribution in [0.25, 0.3) is 11.6 Å². The zero-order valence-electron chi connectivity index (χ0n) is 9.76. The van der Waals surface area contributed by atoms with Gasteiger partial charge >= 0.3 is 0 Å². The molecule has 1 aliphatic rings. The first-order chi connectivity index (χ1) is 8.86. The number of rotatable bonds is 1. The summed E-state index contributed by atoms with van der Waals surface area (Å²) in [7, 11) is 0. The average molecular weight is 233 g/mol. The van der Waals surface area contributed by atoms with E-state index in [2.05, 4.69) is 12.1 Å². The van der Waals surface area contributed by atoms with Gasteiger partial charge in [-0.25, -0.2) is 0 Å². The molecule has 18 heavy (non-hydrogen) atoms. The van der Waals surface area contributed by atoms with E-state index in [1.165, 1.54) is 0 Å². The lowest BCUT2D eigenvalue weighted by molar-refractivity contribution is 0.366. The first kappa shape index (κ1) is 10.6. The van der Waals surface area contributed by atoms with Gasteiger partial charge < -0.3 is 4.74 Å². The number of nitriles is 1. The standard InChI is InChI=1S/C16H11NO/c17-10-12-5-7-13(8-6-12)15-9-14-3-1-2-4-16(14)18-11-15/h1-9H,11H2. The fourth-order valence-corrected chi connectivity index (χ4v) is 2.04. The largest absolute Gasteiger partial charge is 0.488 e. The fraction of sp³-hybridized carbons (Fsp3) is 0.0625. The number of para-hydroxylation sites is 1. The van der Waals surface area contributed by atoms with Crippen LogP contribution < -0.4 is 4.74 Å². The van der Waals surface area contributed by atoms with Crippen LogP contribution in [0.4, 0.5) is 0 Å². The number of hydrogen-bond donors (Lipinski definition) is 0. The summed E-state index contributed by atoms with van der Waals surface area (Å²) >= 11 is 0. The summed E-state index contributed by atoms with van der Waals surface area (Å²) in [6.07, 6.45) is 2.14. The van der Waals surface area contributed by atoms with Crippen LogP contribution in [-0.2, 0) is 0 Å². The molecule has 2 aromatic carbocycles. The van der Waals surface area contributed by atoms with E-state index in [-0.39, 0.29) is 0 Å². The summed E-state index contributed by atoms with van der Waals surface area (Å²) in [6.45, 7) is 0.572. The normalized spacial score (nSPS) is 12.9. The number of benzene rings is 2. The predicted molar refractivity (Wildman–Crippen MR) is 71.0 cm³/mol. The number of fused-ring (bicyclic) bond motifs is 1. The summed E-state index contributed by atoms with van der Waals surface area (Å²) in [5, 5.41) is 8.78. The lowest BCUT2D eigenvalue weighted by Crippen LogP contribution is -2.06. The van der Waals surface area contributed by atoms with Crippen molar-refractivity contribution in [1.29, 1.82) is 5.26 Å². The van der Waals surface area contributed by atoms with Gasteiger partial charge in [0.15, 0.2) is 0 Å². The highest BCUT2D eigenvalue weighted by atomic mass is 16.5. The molecule has 0 N–H and O–H groups in total. The van der Waals surface area contributed by atoms with Gasteiger partial charge in [0.05, 0.1) is 11.6 Å². The van der Waals surface area contributed by atoms with Crippen molar-refractivity contribution in [1.82, 2.24) is 0 Å². The van der Waals surface area contributed by atoms with Crippen LogP contribution in [0.1, 0.15) is 16.7 Å². The smallest absolute Gasteiger partial charge is 0.127 e. The average Bonchev–Trinajstić information content (AvgIpc) is 2.47. The predicted octanol–water partition coefficient (Wildman–Crippen LogP) is 3.49. The summed E-state index contributed by atoms with van der Waals surface area (Å²) in [5.41, 5.74) is 4.02. The zero-order valence-corrected chi connectivity index (χ0v) is 9.76. The van der Waals surface area contributed by atoms with Gasteiger partial charge in [-0.05, 0) is 35.4 Å². The summed E-state index contributed by atoms with van der Waals surface area (Å²) in [5.74, 6) is 0.926. The third-order valence-electron chi connectivity index (χ3n) is 3.02. The Bertz CT molecular complexity index is 648. The first-order valence-corrected chi connectivity index (χ1v) is 5.80. The van der Waals surface area contributed by atoms with E-state index >= 15 is 0 Å². The van der Waals surface area contributed by atoms with E-state index in [4.69, 9.17) is 10.00 Å². The number of hydrogen-bond acceptors (Lipinski definition) is 2. The summed E-state index contributed by atoms with van der Waals surface area (Å²) < 4.78 is 5.71. The highest BCUT2D eigenvalue weighted by Gasteiger charge is 2.11. The van der Waals surface area contributed by atoms with Crippen LogP contribution in [0.2, 0.25) is 0 Å². The van der Waals surface area contributed by atoms with Crippen LogP contribution in [0, 0.1) is 11.3 Å². The van der Waals surface area contributed by atoms with Gasteiger partial charge in [-0.15, -0.1) is 0 Å². The third-order valence-corrected chi connectivity index (χ3v) is 3.02. The first-order valence-electron chi connectivity index (χ1n) is 5.80. The van der Waals surface area contributed by atoms with Crippen molar-refractivity contribution in [3.63, 3.8) is 0 Å². The molecule has 0 aromatic heterocycles. The Morgan fingerprint density at radius 3 is 2.56 bits per heavy atom. The fourth-order valence-electron chi connectivity index (χ4n) is 2.04. The van der Waals surface area contributed by atoms with Crippen LogP contribution in [0.15, 0.2) is 48.5 Å². The van der Waals surface area contributed by atoms with Crippen LogP contribution in [-0.4, -0.2) is 6.61 Å². The quantitative estimate of drug-likeness (QED) is 0.755. The lowest BCUT2D eigenvalue weighted by atomic mass is 10.00. The maximum absolute atomic E-state index is 8.78. The second-order valence-corrected chi connectivity index (χ2v) is 4.19. The molecule has 0 radical (unpaired) electrons. The molecule has 0 spiro atoms. The Balaban J connectivity index is 1.99. The topological polar surface area (TPSA) is 33.0 Å². The molecule has 1 heterocycles. The molecular formula is C16H11NO. The summed E-state index contributed by atoms with van der Waals surface area (Å²) in [4.78, 5) is 0. The van der Waals surface area contributed by atoms with E-state index in [1.807, 2.05) is 48.5 Å². The third kappa shape index (κ3) is 1.87. The molecule has 0 fully saturated rings. The van der Waals surface area contributed by atoms with Gasteiger partial charge in [0.2, 0.25) is 0 Å². The Hall–Kier alpha value is -2.53. The van der Waals surface area contributed by atoms with Crippen molar-refractivity contribution in [3.8, 4) is 11.8 Å². The number of nitrogens with zero attached hydrogens (tertiary/aromatic N) is 1. The van der Waals surface area contributed by atoms with Gasteiger partial charge in [-0.2, -0.15) is 5.26 Å². The minimum atomic E-state index is 0.572. The molecule has 0 unspecified atom stereocenters. The minimum absolute atomic E-state index is 0.572. The van der Waals surface area contributed by atoms with E-state index in [0.29, 0.717) is 12.2 Å². The Morgan fingerprint density at radius 1 is 1.00 bits per heavy atom. The second-order valence-electron chi connectivity index (χ2n) is 4.19. The van der Waals surface area contributed by atoms with Gasteiger partial charge in [-0.1, -0.05) is 30.3 Å². The molecule has 3 rings (SSSR count). The molecule has 0 saturated carbocycles. The molecule has 0 aliphatic carbocycles. The lowest BCUT2D eigenvalue weighted by Gasteiger charge is -2.18. The van der Waals surface area contributed by atoms with Crippen molar-refractivity contribution in [3.05, 3.63) is 65.2 Å². The molecule has 2 heteroatoms. The second kappa shape index (κ2) is 4.38. The van der Waals surface area contributed by atoms with Gasteiger partial charge in [-0.3, -0.25) is 0 Å². The molecule has 0 saturated heterocycles. The Labute approximate surface area is 106 Å². The SMILES string of the molecule is N#Cc1ccc(C2=Cc3ccccc3OC2)cc1. The van der Waals surface area contributed by atoms with Gasteiger partial charge in [0, 0.05) is 5.56 Å². The zero-order chi connectivity index (χ0) is 12.4. The number of ether oxygens (including phenoxy) is 1. The van der Waals surface area contributed by atoms with E-state index in [0.717, 1.165) is 22.4 Å². The minimum Gasteiger partial charge on any atom is -0.488 e. The Morgan fingerprint density at radius 2 is 1.78 bits per heavy atom. The highest BCUT2D eigenvalue weighted by Crippen LogP contribution is 2.30. The highest BCUT2D eigenvalue weighted by molar-refractivity contribution is 5.85. The molecule has 0 amide bonds. The van der Waals surface area contributed by atoms with E-state index < -0.39 is 0 Å². The van der Waals surface area contributed by atoms with Crippen molar-refractivity contribution in [2.75, 3.05) is 6.61 Å². The van der Waals surface area contributed by atoms with Crippen LogP contribution in [0.5, 0.6) is 5.75 Å². The maximum atomic E-state index is 8.78. The van der Waals surface area contributed by atoms with Crippen LogP contribution >= 0.6 is 0 Å². The Kier molecular flexibility index (Phi) is 2.59. The molecule has 2 aromatic rings. The van der Waals surface area contributed by atoms with Gasteiger partial charge in [0.25, 0.3) is 0 Å². The van der Waals surface area contributed by atoms with Crippen molar-refractivity contribution in [2.45, 2.75) is 0 Å². The van der Waals surface area contributed by atoms with Crippen molar-refractivity contribution >= 4 is 11.6 Å². The van der Waals surface area contributed by atoms with Crippen LogP contribution in [0.3, 0.4) is 0 Å². The maximum Gasteiger partial charge on any atom is 0.127 e. The van der Waals surface area contributed by atoms with Crippen molar-refractivity contribution < 1.29 is 4.74 Å². The molecule has 86 valence electrons. The summed E-state index contributed by atoms with van der Waals surface area (Å²) in [6, 6.07) is 17.7. The molecule has 1 aliphatic heterocycles. The van der Waals surface area contributed by atoms with E-state index in [9.17, 15) is 0 Å².